The van der Waals surface area contributed by atoms with Gasteiger partial charge in [-0.25, -0.2) is 0 Å². The van der Waals surface area contributed by atoms with Crippen LogP contribution in [0.3, 0.4) is 0 Å². The summed E-state index contributed by atoms with van der Waals surface area (Å²) in [4.78, 5) is 17.8. The molecule has 0 N–H and O–H groups in total. The van der Waals surface area contributed by atoms with Crippen molar-refractivity contribution >= 4 is 5.97 Å². The van der Waals surface area contributed by atoms with Gasteiger partial charge in [-0.1, -0.05) is 74.0 Å². The van der Waals surface area contributed by atoms with E-state index in [4.69, 9.17) is 14.2 Å². The molecule has 1 heterocycles. The lowest BCUT2D eigenvalue weighted by Crippen LogP contribution is -2.47. The summed E-state index contributed by atoms with van der Waals surface area (Å²) in [5.41, 5.74) is -0.0702. The largest absolute Gasteiger partial charge is 0.459 e. The van der Waals surface area contributed by atoms with Crippen LogP contribution in [0.15, 0.2) is 34.9 Å². The number of carbonyl (C=O) groups is 1. The van der Waals surface area contributed by atoms with Crippen molar-refractivity contribution in [3.8, 4) is 0 Å². The molecule has 162 valence electrons. The maximum atomic E-state index is 13.0. The molecule has 0 aliphatic heterocycles. The van der Waals surface area contributed by atoms with Crippen LogP contribution >= 0.6 is 0 Å². The minimum Gasteiger partial charge on any atom is -0.459 e. The van der Waals surface area contributed by atoms with Gasteiger partial charge in [-0.2, -0.15) is 4.98 Å². The summed E-state index contributed by atoms with van der Waals surface area (Å²) in [6, 6.07) is 10.4. The van der Waals surface area contributed by atoms with Gasteiger partial charge in [0.1, 0.15) is 11.0 Å². The van der Waals surface area contributed by atoms with Gasteiger partial charge in [-0.15, -0.1) is 0 Å². The number of hydrogen-bond acceptors (Lipinski definition) is 5. The first-order chi connectivity index (χ1) is 14.4. The van der Waals surface area contributed by atoms with E-state index < -0.39 is 11.0 Å². The third-order valence-electron chi connectivity index (χ3n) is 6.66. The second-order valence-electron chi connectivity index (χ2n) is 10.1. The van der Waals surface area contributed by atoms with Crippen LogP contribution in [0.1, 0.15) is 102 Å². The summed E-state index contributed by atoms with van der Waals surface area (Å²) < 4.78 is 11.5. The van der Waals surface area contributed by atoms with Crippen LogP contribution in [0.2, 0.25) is 0 Å². The maximum Gasteiger partial charge on any atom is 0.320 e. The van der Waals surface area contributed by atoms with E-state index in [0.717, 1.165) is 25.7 Å². The smallest absolute Gasteiger partial charge is 0.320 e. The number of carbonyl (C=O) groups excluding carboxylic acids is 1. The van der Waals surface area contributed by atoms with E-state index in [0.29, 0.717) is 17.6 Å². The van der Waals surface area contributed by atoms with Crippen molar-refractivity contribution in [3.05, 3.63) is 47.6 Å². The van der Waals surface area contributed by atoms with E-state index in [1.807, 2.05) is 26.8 Å². The van der Waals surface area contributed by atoms with Crippen LogP contribution in [0.5, 0.6) is 0 Å². The molecule has 2 aliphatic carbocycles. The zero-order chi connectivity index (χ0) is 21.2. The lowest BCUT2D eigenvalue weighted by atomic mass is 9.68. The van der Waals surface area contributed by atoms with Gasteiger partial charge in [0, 0.05) is 0 Å². The third-order valence-corrected chi connectivity index (χ3v) is 6.66. The molecule has 0 spiro atoms. The van der Waals surface area contributed by atoms with E-state index in [1.54, 1.807) is 0 Å². The fourth-order valence-electron chi connectivity index (χ4n) is 4.82. The Morgan fingerprint density at radius 1 is 1.13 bits per heavy atom. The summed E-state index contributed by atoms with van der Waals surface area (Å²) in [6.45, 7) is 5.69. The number of esters is 1. The summed E-state index contributed by atoms with van der Waals surface area (Å²) in [6.07, 6.45) is 9.94. The van der Waals surface area contributed by atoms with Crippen molar-refractivity contribution in [1.29, 1.82) is 0 Å². The molecule has 0 radical (unpaired) electrons. The highest BCUT2D eigenvalue weighted by molar-refractivity contribution is 5.83. The van der Waals surface area contributed by atoms with Crippen molar-refractivity contribution in [2.45, 2.75) is 95.5 Å². The fourth-order valence-corrected chi connectivity index (χ4v) is 4.82. The summed E-state index contributed by atoms with van der Waals surface area (Å²) in [7, 11) is 0. The second-order valence-corrected chi connectivity index (χ2v) is 10.1. The molecule has 2 saturated carbocycles. The highest BCUT2D eigenvalue weighted by Gasteiger charge is 2.52. The molecule has 30 heavy (non-hydrogen) atoms. The lowest BCUT2D eigenvalue weighted by Gasteiger charge is -2.38. The molecule has 1 aromatic carbocycles. The van der Waals surface area contributed by atoms with Crippen molar-refractivity contribution in [2.24, 2.45) is 5.92 Å². The van der Waals surface area contributed by atoms with Gasteiger partial charge in [-0.3, -0.25) is 4.79 Å². The Labute approximate surface area is 179 Å². The van der Waals surface area contributed by atoms with Gasteiger partial charge in [0.25, 0.3) is 0 Å². The number of hydrogen-bond donors (Lipinski definition) is 0. The molecule has 5 heteroatoms. The van der Waals surface area contributed by atoms with Gasteiger partial charge in [0.2, 0.25) is 5.89 Å². The predicted octanol–water partition coefficient (Wildman–Crippen LogP) is 5.94. The third kappa shape index (κ3) is 4.45. The average molecular weight is 411 g/mol. The van der Waals surface area contributed by atoms with Gasteiger partial charge < -0.3 is 9.26 Å². The zero-order valence-electron chi connectivity index (χ0n) is 18.5. The minimum atomic E-state index is -0.749. The molecular formula is C25H34N2O3. The average Bonchev–Trinajstić information content (AvgIpc) is 3.15. The van der Waals surface area contributed by atoms with Crippen LogP contribution in [-0.4, -0.2) is 21.7 Å². The fraction of sp³-hybridized carbons (Fsp3) is 0.640. The van der Waals surface area contributed by atoms with Crippen LogP contribution in [-0.2, 0) is 14.9 Å². The van der Waals surface area contributed by atoms with Crippen LogP contribution in [0.4, 0.5) is 0 Å². The van der Waals surface area contributed by atoms with E-state index >= 15 is 0 Å². The maximum absolute atomic E-state index is 13.0. The molecule has 0 amide bonds. The van der Waals surface area contributed by atoms with Gasteiger partial charge in [0.15, 0.2) is 5.82 Å². The highest BCUT2D eigenvalue weighted by Crippen LogP contribution is 2.45. The Morgan fingerprint density at radius 2 is 1.83 bits per heavy atom. The van der Waals surface area contributed by atoms with Crippen molar-refractivity contribution in [1.82, 2.24) is 10.1 Å². The minimum absolute atomic E-state index is 0.0753. The van der Waals surface area contributed by atoms with Gasteiger partial charge in [0.05, 0.1) is 5.92 Å². The molecule has 1 atom stereocenters. The number of ether oxygens (including phenoxy) is 1. The van der Waals surface area contributed by atoms with Crippen LogP contribution < -0.4 is 0 Å². The van der Waals surface area contributed by atoms with E-state index in [9.17, 15) is 4.79 Å². The summed E-state index contributed by atoms with van der Waals surface area (Å²) in [5, 5.41) is 4.31. The number of nitrogens with zero attached hydrogens (tertiary/aromatic N) is 2. The number of aromatic nitrogens is 2. The number of rotatable bonds is 6. The van der Waals surface area contributed by atoms with E-state index in [-0.39, 0.29) is 11.9 Å². The molecule has 2 aliphatic rings. The molecular weight excluding hydrogens is 376 g/mol. The van der Waals surface area contributed by atoms with Crippen LogP contribution in [0, 0.1) is 5.92 Å². The Hall–Kier alpha value is -2.17. The monoisotopic (exact) mass is 410 g/mol. The molecule has 4 rings (SSSR count). The lowest BCUT2D eigenvalue weighted by molar-refractivity contribution is -0.166. The first-order valence-corrected chi connectivity index (χ1v) is 11.5. The molecule has 0 saturated heterocycles. The van der Waals surface area contributed by atoms with Crippen molar-refractivity contribution in [2.75, 3.05) is 0 Å². The summed E-state index contributed by atoms with van der Waals surface area (Å²) in [5.74, 6) is 1.67. The molecule has 2 fully saturated rings. The van der Waals surface area contributed by atoms with Crippen molar-refractivity contribution < 1.29 is 14.1 Å². The zero-order valence-corrected chi connectivity index (χ0v) is 18.5. The molecule has 1 aromatic heterocycles. The summed E-state index contributed by atoms with van der Waals surface area (Å²) >= 11 is 0. The number of benzene rings is 1. The Bertz CT molecular complexity index is 843. The Morgan fingerprint density at radius 3 is 2.43 bits per heavy atom. The van der Waals surface area contributed by atoms with Crippen molar-refractivity contribution in [3.63, 3.8) is 0 Å². The first-order valence-electron chi connectivity index (χ1n) is 11.5. The topological polar surface area (TPSA) is 65.2 Å². The standard InChI is InChI=1S/C25H34N2O3/c1-24(2,3)29-23(28)25(15-10-16-25)22-26-21(30-27-22)20(19-13-8-5-9-14-19)17-18-11-6-4-7-12-18/h5,8-9,13-14,18,20H,4,6-7,10-12,15-17H2,1-3H3. The van der Waals surface area contributed by atoms with Gasteiger partial charge >= 0.3 is 5.97 Å². The first kappa shape index (κ1) is 21.1. The quantitative estimate of drug-likeness (QED) is 0.552. The normalized spacial score (nSPS) is 20.4. The molecule has 1 unspecified atom stereocenters. The Balaban J connectivity index is 1.60. The molecule has 5 nitrogen and oxygen atoms in total. The highest BCUT2D eigenvalue weighted by atomic mass is 16.6. The SMILES string of the molecule is CC(C)(C)OC(=O)C1(c2noc(C(CC3CCCCC3)c3ccccc3)n2)CCC1. The Kier molecular flexibility index (Phi) is 5.99. The molecule has 2 aromatic rings. The molecule has 0 bridgehead atoms. The van der Waals surface area contributed by atoms with Gasteiger partial charge in [-0.05, 0) is 51.5 Å². The second kappa shape index (κ2) is 8.52. The van der Waals surface area contributed by atoms with E-state index in [1.165, 1.54) is 37.7 Å². The van der Waals surface area contributed by atoms with Crippen LogP contribution in [0.25, 0.3) is 0 Å². The predicted molar refractivity (Wildman–Crippen MR) is 115 cm³/mol. The van der Waals surface area contributed by atoms with E-state index in [2.05, 4.69) is 29.4 Å².